The number of rotatable bonds is 4. The van der Waals surface area contributed by atoms with Crippen molar-refractivity contribution >= 4 is 5.96 Å². The number of aliphatic imine (C=N–C) groups is 1. The summed E-state index contributed by atoms with van der Waals surface area (Å²) in [5, 5.41) is 10.0. The van der Waals surface area contributed by atoms with Crippen LogP contribution in [0.3, 0.4) is 0 Å². The molecule has 5 nitrogen and oxygen atoms in total. The van der Waals surface area contributed by atoms with Gasteiger partial charge in [0.05, 0.1) is 7.11 Å². The number of ether oxygens (including phenoxy) is 1. The van der Waals surface area contributed by atoms with Crippen LogP contribution in [0.25, 0.3) is 0 Å². The van der Waals surface area contributed by atoms with Crippen LogP contribution in [-0.2, 0) is 6.42 Å². The van der Waals surface area contributed by atoms with Crippen molar-refractivity contribution in [1.82, 2.24) is 4.90 Å². The van der Waals surface area contributed by atoms with E-state index in [2.05, 4.69) is 16.8 Å². The maximum atomic E-state index is 10.0. The molecule has 0 aliphatic carbocycles. The molecule has 21 heavy (non-hydrogen) atoms. The largest absolute Gasteiger partial charge is 0.504 e. The van der Waals surface area contributed by atoms with Crippen molar-refractivity contribution in [1.29, 1.82) is 0 Å². The summed E-state index contributed by atoms with van der Waals surface area (Å²) in [5.41, 5.74) is 6.89. The van der Waals surface area contributed by atoms with E-state index in [0.29, 0.717) is 30.6 Å². The molecule has 1 heterocycles. The fourth-order valence-electron chi connectivity index (χ4n) is 2.72. The first-order valence-corrected chi connectivity index (χ1v) is 7.51. The Hall–Kier alpha value is -1.91. The molecule has 0 aromatic heterocycles. The first kappa shape index (κ1) is 15.5. The predicted molar refractivity (Wildman–Crippen MR) is 84.8 cm³/mol. The van der Waals surface area contributed by atoms with Crippen LogP contribution in [-0.4, -0.2) is 42.7 Å². The van der Waals surface area contributed by atoms with E-state index in [4.69, 9.17) is 10.5 Å². The number of aromatic hydroxyl groups is 1. The number of nitrogens with two attached hydrogens (primary N) is 1. The van der Waals surface area contributed by atoms with Gasteiger partial charge in [0.1, 0.15) is 0 Å². The molecule has 1 aliphatic rings. The minimum Gasteiger partial charge on any atom is -0.504 e. The molecular formula is C16H25N3O2. The van der Waals surface area contributed by atoms with Gasteiger partial charge >= 0.3 is 0 Å². The molecule has 1 atom stereocenters. The normalized spacial score (nSPS) is 19.6. The van der Waals surface area contributed by atoms with Crippen LogP contribution in [0.4, 0.5) is 0 Å². The van der Waals surface area contributed by atoms with Crippen LogP contribution < -0.4 is 10.5 Å². The van der Waals surface area contributed by atoms with Crippen molar-refractivity contribution in [3.8, 4) is 11.5 Å². The van der Waals surface area contributed by atoms with Gasteiger partial charge in [0.2, 0.25) is 0 Å². The highest BCUT2D eigenvalue weighted by Crippen LogP contribution is 2.29. The van der Waals surface area contributed by atoms with Crippen molar-refractivity contribution in [2.24, 2.45) is 16.6 Å². The number of likely N-dealkylation sites (tertiary alicyclic amines) is 1. The van der Waals surface area contributed by atoms with E-state index in [1.807, 2.05) is 12.1 Å². The second-order valence-electron chi connectivity index (χ2n) is 5.65. The second kappa shape index (κ2) is 7.20. The Kier molecular flexibility index (Phi) is 5.31. The van der Waals surface area contributed by atoms with Crippen LogP contribution in [0, 0.1) is 5.92 Å². The maximum Gasteiger partial charge on any atom is 0.191 e. The second-order valence-corrected chi connectivity index (χ2v) is 5.65. The van der Waals surface area contributed by atoms with Crippen molar-refractivity contribution in [3.63, 3.8) is 0 Å². The van der Waals surface area contributed by atoms with Gasteiger partial charge in [0.15, 0.2) is 17.5 Å². The van der Waals surface area contributed by atoms with Crippen LogP contribution in [0.2, 0.25) is 0 Å². The van der Waals surface area contributed by atoms with E-state index in [-0.39, 0.29) is 5.75 Å². The fraction of sp³-hybridized carbons (Fsp3) is 0.562. The molecule has 1 fully saturated rings. The molecule has 116 valence electrons. The summed E-state index contributed by atoms with van der Waals surface area (Å²) in [6, 6.07) is 5.49. The number of piperidine rings is 1. The van der Waals surface area contributed by atoms with Crippen molar-refractivity contribution in [2.45, 2.75) is 26.2 Å². The number of hydrogen-bond acceptors (Lipinski definition) is 3. The first-order valence-electron chi connectivity index (χ1n) is 7.51. The Morgan fingerprint density at radius 2 is 2.33 bits per heavy atom. The van der Waals surface area contributed by atoms with Gasteiger partial charge in [0.25, 0.3) is 0 Å². The summed E-state index contributed by atoms with van der Waals surface area (Å²) in [5.74, 6) is 1.98. The van der Waals surface area contributed by atoms with E-state index in [1.165, 1.54) is 12.8 Å². The van der Waals surface area contributed by atoms with Crippen molar-refractivity contribution in [3.05, 3.63) is 23.8 Å². The highest BCUT2D eigenvalue weighted by molar-refractivity contribution is 5.78. The molecule has 1 aromatic carbocycles. The van der Waals surface area contributed by atoms with Crippen LogP contribution >= 0.6 is 0 Å². The highest BCUT2D eigenvalue weighted by Gasteiger charge is 2.17. The molecule has 0 radical (unpaired) electrons. The van der Waals surface area contributed by atoms with E-state index in [0.717, 1.165) is 18.7 Å². The van der Waals surface area contributed by atoms with Gasteiger partial charge in [-0.05, 0) is 36.8 Å². The molecule has 1 unspecified atom stereocenters. The highest BCUT2D eigenvalue weighted by atomic mass is 16.5. The van der Waals surface area contributed by atoms with E-state index in [9.17, 15) is 5.11 Å². The summed E-state index contributed by atoms with van der Waals surface area (Å²) >= 11 is 0. The maximum absolute atomic E-state index is 10.0. The van der Waals surface area contributed by atoms with E-state index < -0.39 is 0 Å². The lowest BCUT2D eigenvalue weighted by atomic mass is 10.0. The Morgan fingerprint density at radius 3 is 3.05 bits per heavy atom. The number of benzene rings is 1. The predicted octanol–water partition coefficient (Wildman–Crippen LogP) is 1.99. The number of phenols is 1. The molecule has 0 spiro atoms. The van der Waals surface area contributed by atoms with E-state index in [1.54, 1.807) is 13.2 Å². The third-order valence-corrected chi connectivity index (χ3v) is 3.94. The lowest BCUT2D eigenvalue weighted by Crippen LogP contribution is -2.43. The average molecular weight is 291 g/mol. The van der Waals surface area contributed by atoms with E-state index >= 15 is 0 Å². The van der Waals surface area contributed by atoms with Gasteiger partial charge in [-0.15, -0.1) is 0 Å². The van der Waals surface area contributed by atoms with Gasteiger partial charge in [-0.25, -0.2) is 0 Å². The average Bonchev–Trinajstić information content (AvgIpc) is 2.49. The smallest absolute Gasteiger partial charge is 0.191 e. The Morgan fingerprint density at radius 1 is 1.52 bits per heavy atom. The monoisotopic (exact) mass is 291 g/mol. The number of para-hydroxylation sites is 1. The quantitative estimate of drug-likeness (QED) is 0.657. The molecule has 3 N–H and O–H groups in total. The molecule has 1 aliphatic heterocycles. The number of methoxy groups -OCH3 is 1. The van der Waals surface area contributed by atoms with Crippen LogP contribution in [0.15, 0.2) is 23.2 Å². The molecular weight excluding hydrogens is 266 g/mol. The summed E-state index contributed by atoms with van der Waals surface area (Å²) in [4.78, 5) is 6.59. The standard InChI is InChI=1S/C16H25N3O2/c1-12-5-4-10-19(11-12)16(17)18-9-8-13-6-3-7-14(21-2)15(13)20/h3,6-7,12,20H,4-5,8-11H2,1-2H3,(H2,17,18). The first-order chi connectivity index (χ1) is 10.1. The number of hydrogen-bond donors (Lipinski definition) is 2. The van der Waals surface area contributed by atoms with Crippen molar-refractivity contribution in [2.75, 3.05) is 26.7 Å². The number of guanidine groups is 1. The lowest BCUT2D eigenvalue weighted by Gasteiger charge is -2.31. The van der Waals surface area contributed by atoms with Gasteiger partial charge in [-0.3, -0.25) is 4.99 Å². The zero-order valence-corrected chi connectivity index (χ0v) is 12.9. The minimum atomic E-state index is 0.195. The molecule has 0 amide bonds. The van der Waals surface area contributed by atoms with Crippen molar-refractivity contribution < 1.29 is 9.84 Å². The van der Waals surface area contributed by atoms with Gasteiger partial charge in [-0.2, -0.15) is 0 Å². The van der Waals surface area contributed by atoms with Crippen LogP contribution in [0.1, 0.15) is 25.3 Å². The van der Waals surface area contributed by atoms with Gasteiger partial charge < -0.3 is 20.5 Å². The number of phenolic OH excluding ortho intramolecular Hbond substituents is 1. The molecule has 0 saturated carbocycles. The summed E-state index contributed by atoms with van der Waals surface area (Å²) in [6.45, 7) is 4.79. The van der Waals surface area contributed by atoms with Crippen LogP contribution in [0.5, 0.6) is 11.5 Å². The zero-order chi connectivity index (χ0) is 15.2. The molecule has 0 bridgehead atoms. The SMILES string of the molecule is COc1cccc(CCN=C(N)N2CCCC(C)C2)c1O. The third kappa shape index (κ3) is 4.03. The lowest BCUT2D eigenvalue weighted by molar-refractivity contribution is 0.270. The molecule has 1 aromatic rings. The molecule has 2 rings (SSSR count). The van der Waals surface area contributed by atoms with Gasteiger partial charge in [0, 0.05) is 19.6 Å². The molecule has 1 saturated heterocycles. The fourth-order valence-corrected chi connectivity index (χ4v) is 2.72. The zero-order valence-electron chi connectivity index (χ0n) is 12.9. The Balaban J connectivity index is 1.92. The summed E-state index contributed by atoms with van der Waals surface area (Å²) in [6.07, 6.45) is 3.09. The third-order valence-electron chi connectivity index (χ3n) is 3.94. The summed E-state index contributed by atoms with van der Waals surface area (Å²) < 4.78 is 5.10. The van der Waals surface area contributed by atoms with Gasteiger partial charge in [-0.1, -0.05) is 19.1 Å². The Bertz CT molecular complexity index is 502. The number of nitrogens with zero attached hydrogens (tertiary/aromatic N) is 2. The minimum absolute atomic E-state index is 0.195. The molecule has 5 heteroatoms. The Labute approximate surface area is 126 Å². The summed E-state index contributed by atoms with van der Waals surface area (Å²) in [7, 11) is 1.55. The topological polar surface area (TPSA) is 71.1 Å².